The molecule has 1 aromatic rings. The van der Waals surface area contributed by atoms with Gasteiger partial charge in [0.1, 0.15) is 5.01 Å². The molecule has 0 radical (unpaired) electrons. The predicted octanol–water partition coefficient (Wildman–Crippen LogP) is 4.50. The van der Waals surface area contributed by atoms with Crippen LogP contribution in [0.25, 0.3) is 0 Å². The molecule has 1 heterocycles. The van der Waals surface area contributed by atoms with Crippen LogP contribution in [0.15, 0.2) is 0 Å². The van der Waals surface area contributed by atoms with Gasteiger partial charge in [0, 0.05) is 4.88 Å². The van der Waals surface area contributed by atoms with E-state index >= 15 is 0 Å². The molecule has 2 aliphatic rings. The standard InChI is InChI=1S/C17H28N2S/c1-3-18-16(13-10-8-12(2)9-11-13)17-19-14-6-4-5-7-15(14)20-17/h12-13,16,18H,3-11H2,1-2H3. The fraction of sp³-hybridized carbons (Fsp3) is 0.824. The van der Waals surface area contributed by atoms with Crippen molar-refractivity contribution in [1.29, 1.82) is 0 Å². The molecule has 0 amide bonds. The van der Waals surface area contributed by atoms with Gasteiger partial charge in [-0.05, 0) is 56.9 Å². The first-order valence-electron chi connectivity index (χ1n) is 8.49. The maximum Gasteiger partial charge on any atom is 0.110 e. The highest BCUT2D eigenvalue weighted by Gasteiger charge is 2.29. The Balaban J connectivity index is 1.77. The number of rotatable bonds is 4. The minimum Gasteiger partial charge on any atom is -0.308 e. The van der Waals surface area contributed by atoms with Crippen LogP contribution in [-0.4, -0.2) is 11.5 Å². The molecule has 3 rings (SSSR count). The average Bonchev–Trinajstić information content (AvgIpc) is 2.89. The molecule has 112 valence electrons. The number of nitrogens with zero attached hydrogens (tertiary/aromatic N) is 1. The van der Waals surface area contributed by atoms with E-state index in [9.17, 15) is 0 Å². The Morgan fingerprint density at radius 1 is 1.20 bits per heavy atom. The Morgan fingerprint density at radius 3 is 2.65 bits per heavy atom. The van der Waals surface area contributed by atoms with Crippen LogP contribution < -0.4 is 5.32 Å². The number of nitrogens with one attached hydrogen (secondary N) is 1. The SMILES string of the molecule is CCNC(c1nc2c(s1)CCCC2)C1CCC(C)CC1. The minimum atomic E-state index is 0.517. The Hall–Kier alpha value is -0.410. The van der Waals surface area contributed by atoms with E-state index in [0.29, 0.717) is 6.04 Å². The van der Waals surface area contributed by atoms with Gasteiger partial charge in [0.05, 0.1) is 11.7 Å². The van der Waals surface area contributed by atoms with Gasteiger partial charge in [0.25, 0.3) is 0 Å². The van der Waals surface area contributed by atoms with Crippen LogP contribution in [0.5, 0.6) is 0 Å². The third-order valence-electron chi connectivity index (χ3n) is 5.08. The van der Waals surface area contributed by atoms with Crippen molar-refractivity contribution < 1.29 is 0 Å². The van der Waals surface area contributed by atoms with Crippen molar-refractivity contribution in [2.75, 3.05) is 6.54 Å². The third kappa shape index (κ3) is 3.09. The summed E-state index contributed by atoms with van der Waals surface area (Å²) in [5.41, 5.74) is 1.42. The summed E-state index contributed by atoms with van der Waals surface area (Å²) in [6, 6.07) is 0.517. The lowest BCUT2D eigenvalue weighted by Crippen LogP contribution is -2.30. The summed E-state index contributed by atoms with van der Waals surface area (Å²) in [4.78, 5) is 6.60. The highest BCUT2D eigenvalue weighted by molar-refractivity contribution is 7.11. The lowest BCUT2D eigenvalue weighted by atomic mass is 9.79. The monoisotopic (exact) mass is 292 g/mol. The molecule has 1 N–H and O–H groups in total. The van der Waals surface area contributed by atoms with Gasteiger partial charge in [-0.25, -0.2) is 4.98 Å². The molecule has 0 aliphatic heterocycles. The zero-order chi connectivity index (χ0) is 13.9. The molecule has 1 fully saturated rings. The van der Waals surface area contributed by atoms with Gasteiger partial charge in [0.2, 0.25) is 0 Å². The van der Waals surface area contributed by atoms with Gasteiger partial charge in [0.15, 0.2) is 0 Å². The molecular weight excluding hydrogens is 264 g/mol. The molecule has 2 aliphatic carbocycles. The van der Waals surface area contributed by atoms with Crippen LogP contribution in [0.3, 0.4) is 0 Å². The van der Waals surface area contributed by atoms with E-state index in [1.807, 2.05) is 11.3 Å². The molecule has 1 unspecified atom stereocenters. The normalized spacial score (nSPS) is 28.1. The quantitative estimate of drug-likeness (QED) is 0.884. The van der Waals surface area contributed by atoms with E-state index in [-0.39, 0.29) is 0 Å². The maximum atomic E-state index is 5.02. The molecule has 2 nitrogen and oxygen atoms in total. The van der Waals surface area contributed by atoms with Gasteiger partial charge >= 0.3 is 0 Å². The molecule has 0 bridgehead atoms. The topological polar surface area (TPSA) is 24.9 Å². The summed E-state index contributed by atoms with van der Waals surface area (Å²) in [5.74, 6) is 1.73. The second-order valence-electron chi connectivity index (χ2n) is 6.68. The summed E-state index contributed by atoms with van der Waals surface area (Å²) < 4.78 is 0. The fourth-order valence-corrected chi connectivity index (χ4v) is 5.12. The minimum absolute atomic E-state index is 0.517. The van der Waals surface area contributed by atoms with Crippen LogP contribution >= 0.6 is 11.3 Å². The number of fused-ring (bicyclic) bond motifs is 1. The van der Waals surface area contributed by atoms with Gasteiger partial charge in [-0.3, -0.25) is 0 Å². The van der Waals surface area contributed by atoms with Crippen molar-refractivity contribution in [3.63, 3.8) is 0 Å². The number of aromatic nitrogens is 1. The fourth-order valence-electron chi connectivity index (χ4n) is 3.80. The van der Waals surface area contributed by atoms with Gasteiger partial charge in [-0.2, -0.15) is 0 Å². The number of aryl methyl sites for hydroxylation is 2. The summed E-state index contributed by atoms with van der Waals surface area (Å²) in [7, 11) is 0. The van der Waals surface area contributed by atoms with Crippen molar-refractivity contribution in [1.82, 2.24) is 10.3 Å². The third-order valence-corrected chi connectivity index (χ3v) is 6.32. The summed E-state index contributed by atoms with van der Waals surface area (Å²) in [6.07, 6.45) is 10.7. The van der Waals surface area contributed by atoms with Crippen molar-refractivity contribution in [2.24, 2.45) is 11.8 Å². The van der Waals surface area contributed by atoms with Crippen LogP contribution in [0.4, 0.5) is 0 Å². The van der Waals surface area contributed by atoms with Crippen molar-refractivity contribution in [3.05, 3.63) is 15.6 Å². The molecule has 0 saturated heterocycles. The first kappa shape index (κ1) is 14.5. The van der Waals surface area contributed by atoms with E-state index in [4.69, 9.17) is 4.98 Å². The smallest absolute Gasteiger partial charge is 0.110 e. The average molecular weight is 292 g/mol. The number of hydrogen-bond donors (Lipinski definition) is 1. The first-order valence-corrected chi connectivity index (χ1v) is 9.31. The largest absolute Gasteiger partial charge is 0.308 e. The predicted molar refractivity (Wildman–Crippen MR) is 86.3 cm³/mol. The van der Waals surface area contributed by atoms with Crippen LogP contribution in [0.2, 0.25) is 0 Å². The van der Waals surface area contributed by atoms with E-state index < -0.39 is 0 Å². The lowest BCUT2D eigenvalue weighted by Gasteiger charge is -2.32. The van der Waals surface area contributed by atoms with E-state index in [2.05, 4.69) is 19.2 Å². The van der Waals surface area contributed by atoms with E-state index in [1.165, 1.54) is 62.1 Å². The van der Waals surface area contributed by atoms with Gasteiger partial charge in [-0.1, -0.05) is 26.7 Å². The Kier molecular flexibility index (Phi) is 4.77. The Labute approximate surface area is 127 Å². The summed E-state index contributed by atoms with van der Waals surface area (Å²) >= 11 is 2.00. The highest BCUT2D eigenvalue weighted by Crippen LogP contribution is 2.39. The molecule has 3 heteroatoms. The molecule has 20 heavy (non-hydrogen) atoms. The molecule has 1 atom stereocenters. The maximum absolute atomic E-state index is 5.02. The summed E-state index contributed by atoms with van der Waals surface area (Å²) in [5, 5.41) is 5.13. The number of thiazole rings is 1. The van der Waals surface area contributed by atoms with Crippen molar-refractivity contribution >= 4 is 11.3 Å². The molecule has 1 aromatic heterocycles. The van der Waals surface area contributed by atoms with Crippen LogP contribution in [0.1, 0.15) is 74.0 Å². The number of hydrogen-bond acceptors (Lipinski definition) is 3. The first-order chi connectivity index (χ1) is 9.78. The zero-order valence-corrected chi connectivity index (χ0v) is 13.8. The van der Waals surface area contributed by atoms with Crippen molar-refractivity contribution in [2.45, 2.75) is 71.3 Å². The van der Waals surface area contributed by atoms with Crippen LogP contribution in [0, 0.1) is 11.8 Å². The zero-order valence-electron chi connectivity index (χ0n) is 13.0. The van der Waals surface area contributed by atoms with Gasteiger partial charge < -0.3 is 5.32 Å². The molecular formula is C17H28N2S. The highest BCUT2D eigenvalue weighted by atomic mass is 32.1. The second kappa shape index (κ2) is 6.57. The molecule has 0 aromatic carbocycles. The second-order valence-corrected chi connectivity index (χ2v) is 7.80. The van der Waals surface area contributed by atoms with Crippen molar-refractivity contribution in [3.8, 4) is 0 Å². The molecule has 1 saturated carbocycles. The Bertz CT molecular complexity index is 409. The summed E-state index contributed by atoms with van der Waals surface area (Å²) in [6.45, 7) is 5.69. The lowest BCUT2D eigenvalue weighted by molar-refractivity contribution is 0.233. The van der Waals surface area contributed by atoms with E-state index in [1.54, 1.807) is 4.88 Å². The van der Waals surface area contributed by atoms with E-state index in [0.717, 1.165) is 18.4 Å². The Morgan fingerprint density at radius 2 is 1.95 bits per heavy atom. The van der Waals surface area contributed by atoms with Gasteiger partial charge in [-0.15, -0.1) is 11.3 Å². The molecule has 0 spiro atoms. The van der Waals surface area contributed by atoms with Crippen LogP contribution in [-0.2, 0) is 12.8 Å².